The molecule has 1 aliphatic rings. The highest BCUT2D eigenvalue weighted by Crippen LogP contribution is 2.13. The highest BCUT2D eigenvalue weighted by molar-refractivity contribution is 4.55. The summed E-state index contributed by atoms with van der Waals surface area (Å²) >= 11 is 0. The topological polar surface area (TPSA) is 3.24 Å². The lowest BCUT2D eigenvalue weighted by Gasteiger charge is -2.35. The Kier molecular flexibility index (Phi) is 2.90. The van der Waals surface area contributed by atoms with Crippen LogP contribution >= 0.6 is 0 Å². The van der Waals surface area contributed by atoms with Gasteiger partial charge in [0.15, 0.2) is 0 Å². The first-order chi connectivity index (χ1) is 5.11. The second-order valence-corrected chi connectivity index (χ2v) is 4.31. The Balaban J connectivity index is 2.43. The van der Waals surface area contributed by atoms with Crippen LogP contribution in [0.2, 0.25) is 0 Å². The minimum absolute atomic E-state index is 1.00. The normalized spacial score (nSPS) is 23.2. The molecule has 2 heteroatoms. The van der Waals surface area contributed by atoms with Gasteiger partial charge in [0.2, 0.25) is 0 Å². The van der Waals surface area contributed by atoms with E-state index < -0.39 is 0 Å². The van der Waals surface area contributed by atoms with Crippen LogP contribution in [0.4, 0.5) is 0 Å². The molecule has 1 saturated heterocycles. The van der Waals surface area contributed by atoms with E-state index in [0.29, 0.717) is 0 Å². The zero-order valence-corrected chi connectivity index (χ0v) is 8.14. The van der Waals surface area contributed by atoms with Crippen molar-refractivity contribution in [1.29, 1.82) is 0 Å². The molecule has 66 valence electrons. The molecule has 0 aromatic carbocycles. The number of hydrogen-bond acceptors (Lipinski definition) is 1. The van der Waals surface area contributed by atoms with Crippen molar-refractivity contribution >= 4 is 0 Å². The van der Waals surface area contributed by atoms with Gasteiger partial charge in [0.25, 0.3) is 0 Å². The molecule has 0 N–H and O–H groups in total. The summed E-state index contributed by atoms with van der Waals surface area (Å²) in [6, 6.07) is 0. The first kappa shape index (κ1) is 9.01. The third kappa shape index (κ3) is 2.80. The van der Waals surface area contributed by atoms with Crippen LogP contribution in [0.25, 0.3) is 0 Å². The van der Waals surface area contributed by atoms with E-state index in [0.717, 1.165) is 4.59 Å². The summed E-state index contributed by atoms with van der Waals surface area (Å²) in [5.74, 6) is 0. The quantitative estimate of drug-likeness (QED) is 0.521. The minimum Gasteiger partial charge on any atom is -0.251 e. The lowest BCUT2D eigenvalue weighted by molar-refractivity contribution is -0.986. The Hall–Kier alpha value is -0.0800. The van der Waals surface area contributed by atoms with Crippen molar-refractivity contribution < 1.29 is 4.59 Å². The van der Waals surface area contributed by atoms with Gasteiger partial charge in [-0.15, -0.1) is 0 Å². The highest BCUT2D eigenvalue weighted by Gasteiger charge is 2.20. The summed E-state index contributed by atoms with van der Waals surface area (Å²) in [7, 11) is 6.77. The van der Waals surface area contributed by atoms with Gasteiger partial charge in [-0.05, 0) is 12.8 Å². The summed E-state index contributed by atoms with van der Waals surface area (Å²) < 4.78 is 1.00. The maximum absolute atomic E-state index is 2.55. The molecule has 11 heavy (non-hydrogen) atoms. The van der Waals surface area contributed by atoms with Gasteiger partial charge in [0.1, 0.15) is 0 Å². The zero-order chi connectivity index (χ0) is 8.32. The number of rotatable bonds is 1. The number of quaternary nitrogens is 1. The van der Waals surface area contributed by atoms with Gasteiger partial charge in [-0.25, -0.2) is 0 Å². The molecule has 0 aromatic heterocycles. The van der Waals surface area contributed by atoms with Crippen LogP contribution in [0.1, 0.15) is 25.7 Å². The molecule has 1 heterocycles. The molecule has 0 atom stereocenters. The first-order valence-electron chi connectivity index (χ1n) is 4.67. The van der Waals surface area contributed by atoms with E-state index in [2.05, 4.69) is 26.2 Å². The van der Waals surface area contributed by atoms with Crippen LogP contribution in [0.15, 0.2) is 0 Å². The van der Waals surface area contributed by atoms with Gasteiger partial charge < -0.3 is 0 Å². The van der Waals surface area contributed by atoms with Crippen molar-refractivity contribution in [2.75, 3.05) is 34.2 Å². The number of nitrogens with zero attached hydrogens (tertiary/aromatic N) is 2. The molecular weight excluding hydrogens is 136 g/mol. The van der Waals surface area contributed by atoms with Crippen molar-refractivity contribution in [3.05, 3.63) is 0 Å². The predicted molar refractivity (Wildman–Crippen MR) is 48.1 cm³/mol. The molecular formula is C9H21N2+. The summed E-state index contributed by atoms with van der Waals surface area (Å²) in [6.07, 6.45) is 5.62. The van der Waals surface area contributed by atoms with Crippen molar-refractivity contribution in [2.24, 2.45) is 0 Å². The van der Waals surface area contributed by atoms with E-state index in [4.69, 9.17) is 0 Å². The molecule has 0 saturated carbocycles. The Labute approximate surface area is 70.4 Å². The van der Waals surface area contributed by atoms with E-state index in [9.17, 15) is 0 Å². The van der Waals surface area contributed by atoms with Crippen molar-refractivity contribution in [3.8, 4) is 0 Å². The van der Waals surface area contributed by atoms with Gasteiger partial charge in [-0.2, -0.15) is 5.01 Å². The average Bonchev–Trinajstić information content (AvgIpc) is 2.10. The molecule has 2 nitrogen and oxygen atoms in total. The molecule has 0 bridgehead atoms. The third-order valence-corrected chi connectivity index (χ3v) is 2.43. The van der Waals surface area contributed by atoms with E-state index in [1.807, 2.05) is 0 Å². The van der Waals surface area contributed by atoms with E-state index in [1.54, 1.807) is 0 Å². The second-order valence-electron chi connectivity index (χ2n) is 4.31. The van der Waals surface area contributed by atoms with Crippen molar-refractivity contribution in [3.63, 3.8) is 0 Å². The first-order valence-corrected chi connectivity index (χ1v) is 4.67. The predicted octanol–water partition coefficient (Wildman–Crippen LogP) is 1.48. The Morgan fingerprint density at radius 1 is 0.818 bits per heavy atom. The smallest absolute Gasteiger partial charge is 0.0855 e. The Morgan fingerprint density at radius 3 is 1.64 bits per heavy atom. The van der Waals surface area contributed by atoms with Gasteiger partial charge in [0, 0.05) is 13.1 Å². The molecule has 0 aliphatic carbocycles. The zero-order valence-electron chi connectivity index (χ0n) is 8.14. The molecule has 0 radical (unpaired) electrons. The molecule has 0 amide bonds. The van der Waals surface area contributed by atoms with Crippen molar-refractivity contribution in [2.45, 2.75) is 25.7 Å². The van der Waals surface area contributed by atoms with Gasteiger partial charge in [0.05, 0.1) is 21.1 Å². The molecule has 0 aromatic rings. The van der Waals surface area contributed by atoms with Crippen LogP contribution < -0.4 is 0 Å². The molecule has 1 aliphatic heterocycles. The highest BCUT2D eigenvalue weighted by atomic mass is 15.7. The van der Waals surface area contributed by atoms with Gasteiger partial charge >= 0.3 is 0 Å². The SMILES string of the molecule is C[N+](C)(C)N1CCCCCC1. The standard InChI is InChI=1S/C9H21N2/c1-11(2,3)10-8-6-4-5-7-9-10/h4-9H2,1-3H3/q+1. The monoisotopic (exact) mass is 157 g/mol. The summed E-state index contributed by atoms with van der Waals surface area (Å²) in [5, 5.41) is 2.55. The lowest BCUT2D eigenvalue weighted by atomic mass is 10.2. The van der Waals surface area contributed by atoms with E-state index in [-0.39, 0.29) is 0 Å². The van der Waals surface area contributed by atoms with Crippen LogP contribution in [0.3, 0.4) is 0 Å². The van der Waals surface area contributed by atoms with Crippen LogP contribution in [-0.4, -0.2) is 43.8 Å². The Morgan fingerprint density at radius 2 is 1.27 bits per heavy atom. The fourth-order valence-corrected chi connectivity index (χ4v) is 1.65. The molecule has 1 fully saturated rings. The summed E-state index contributed by atoms with van der Waals surface area (Å²) in [4.78, 5) is 0. The Bertz CT molecular complexity index is 107. The minimum atomic E-state index is 1.00. The second kappa shape index (κ2) is 3.55. The van der Waals surface area contributed by atoms with Gasteiger partial charge in [-0.3, -0.25) is 4.59 Å². The van der Waals surface area contributed by atoms with Crippen molar-refractivity contribution in [1.82, 2.24) is 5.01 Å². The summed E-state index contributed by atoms with van der Waals surface area (Å²) in [6.45, 7) is 2.56. The average molecular weight is 157 g/mol. The lowest BCUT2D eigenvalue weighted by Crippen LogP contribution is -2.51. The summed E-state index contributed by atoms with van der Waals surface area (Å²) in [5.41, 5.74) is 0. The van der Waals surface area contributed by atoms with E-state index >= 15 is 0 Å². The van der Waals surface area contributed by atoms with Crippen LogP contribution in [0, 0.1) is 0 Å². The van der Waals surface area contributed by atoms with Crippen LogP contribution in [-0.2, 0) is 0 Å². The third-order valence-electron chi connectivity index (χ3n) is 2.43. The maximum Gasteiger partial charge on any atom is 0.0855 e. The maximum atomic E-state index is 2.55. The largest absolute Gasteiger partial charge is 0.251 e. The fraction of sp³-hybridized carbons (Fsp3) is 1.00. The van der Waals surface area contributed by atoms with Crippen LogP contribution in [0.5, 0.6) is 0 Å². The molecule has 0 spiro atoms. The van der Waals surface area contributed by atoms with Gasteiger partial charge in [-0.1, -0.05) is 12.8 Å². The number of hydrogen-bond donors (Lipinski definition) is 0. The molecule has 1 rings (SSSR count). The molecule has 0 unspecified atom stereocenters. The fourth-order valence-electron chi connectivity index (χ4n) is 1.65. The van der Waals surface area contributed by atoms with E-state index in [1.165, 1.54) is 38.8 Å².